The Morgan fingerprint density at radius 1 is 1.47 bits per heavy atom. The average Bonchev–Trinajstić information content (AvgIpc) is 2.70. The first kappa shape index (κ1) is 14.3. The van der Waals surface area contributed by atoms with Crippen molar-refractivity contribution in [1.29, 1.82) is 0 Å². The molecular formula is C11H9BrN2O3S2. The molecule has 19 heavy (non-hydrogen) atoms. The van der Waals surface area contributed by atoms with E-state index in [1.54, 1.807) is 12.1 Å². The van der Waals surface area contributed by atoms with Crippen LogP contribution < -0.4 is 10.2 Å². The van der Waals surface area contributed by atoms with Crippen molar-refractivity contribution in [3.8, 4) is 5.75 Å². The Hall–Kier alpha value is -1.12. The highest BCUT2D eigenvalue weighted by Crippen LogP contribution is 2.17. The highest BCUT2D eigenvalue weighted by Gasteiger charge is 2.28. The SMILES string of the molecule is O=C(COc1ccc(Br)cc1)NN1C(=O)CSC1=S. The minimum atomic E-state index is -0.430. The highest BCUT2D eigenvalue weighted by atomic mass is 79.9. The van der Waals surface area contributed by atoms with Crippen molar-refractivity contribution >= 4 is 56.0 Å². The number of nitrogens with zero attached hydrogens (tertiary/aromatic N) is 1. The topological polar surface area (TPSA) is 58.6 Å². The maximum atomic E-state index is 11.6. The molecule has 0 aromatic heterocycles. The van der Waals surface area contributed by atoms with Crippen LogP contribution in [0, 0.1) is 0 Å². The third-order valence-electron chi connectivity index (χ3n) is 2.17. The number of ether oxygens (including phenoxy) is 1. The predicted octanol–water partition coefficient (Wildman–Crippen LogP) is 1.72. The lowest BCUT2D eigenvalue weighted by molar-refractivity contribution is -0.135. The van der Waals surface area contributed by atoms with Crippen LogP contribution in [0.1, 0.15) is 0 Å². The number of rotatable bonds is 4. The Bertz CT molecular complexity index is 505. The Kier molecular flexibility index (Phi) is 4.78. The van der Waals surface area contributed by atoms with E-state index in [-0.39, 0.29) is 18.3 Å². The summed E-state index contributed by atoms with van der Waals surface area (Å²) in [6.45, 7) is -0.182. The first-order chi connectivity index (χ1) is 9.06. The number of thioether (sulfide) groups is 1. The van der Waals surface area contributed by atoms with Crippen molar-refractivity contribution in [1.82, 2.24) is 10.4 Å². The summed E-state index contributed by atoms with van der Waals surface area (Å²) in [5.74, 6) is 0.170. The maximum absolute atomic E-state index is 11.6. The first-order valence-electron chi connectivity index (χ1n) is 5.24. The van der Waals surface area contributed by atoms with Gasteiger partial charge < -0.3 is 4.74 Å². The van der Waals surface area contributed by atoms with Gasteiger partial charge in [0.05, 0.1) is 5.75 Å². The van der Waals surface area contributed by atoms with Crippen molar-refractivity contribution in [2.45, 2.75) is 0 Å². The summed E-state index contributed by atoms with van der Waals surface area (Å²) in [5.41, 5.74) is 2.41. The van der Waals surface area contributed by atoms with E-state index in [1.165, 1.54) is 11.8 Å². The molecular weight excluding hydrogens is 352 g/mol. The van der Waals surface area contributed by atoms with Gasteiger partial charge in [0.25, 0.3) is 11.8 Å². The number of benzene rings is 1. The zero-order valence-corrected chi connectivity index (χ0v) is 12.8. The van der Waals surface area contributed by atoms with E-state index in [1.807, 2.05) is 12.1 Å². The fraction of sp³-hybridized carbons (Fsp3) is 0.182. The summed E-state index contributed by atoms with van der Waals surface area (Å²) in [6, 6.07) is 7.09. The molecule has 0 unspecified atom stereocenters. The number of amides is 2. The van der Waals surface area contributed by atoms with E-state index in [2.05, 4.69) is 21.4 Å². The van der Waals surface area contributed by atoms with Crippen molar-refractivity contribution in [3.63, 3.8) is 0 Å². The molecule has 8 heteroatoms. The fourth-order valence-electron chi connectivity index (χ4n) is 1.30. The summed E-state index contributed by atoms with van der Waals surface area (Å²) >= 11 is 9.46. The molecule has 1 saturated heterocycles. The van der Waals surface area contributed by atoms with Crippen LogP contribution in [0.5, 0.6) is 5.75 Å². The third-order valence-corrected chi connectivity index (χ3v) is 4.06. The number of hydrazine groups is 1. The van der Waals surface area contributed by atoms with Gasteiger partial charge in [0, 0.05) is 4.47 Å². The second kappa shape index (κ2) is 6.36. The third kappa shape index (κ3) is 3.92. The number of halogens is 1. The Labute approximate surface area is 127 Å². The van der Waals surface area contributed by atoms with Crippen LogP contribution in [0.15, 0.2) is 28.7 Å². The number of nitrogens with one attached hydrogen (secondary N) is 1. The lowest BCUT2D eigenvalue weighted by atomic mass is 10.3. The minimum absolute atomic E-state index is 0.182. The number of carbonyl (C=O) groups excluding carboxylic acids is 2. The molecule has 1 aliphatic rings. The van der Waals surface area contributed by atoms with Crippen LogP contribution in [-0.4, -0.2) is 33.5 Å². The summed E-state index contributed by atoms with van der Waals surface area (Å²) < 4.78 is 6.56. The lowest BCUT2D eigenvalue weighted by Crippen LogP contribution is -2.46. The van der Waals surface area contributed by atoms with Crippen LogP contribution in [0.2, 0.25) is 0 Å². The van der Waals surface area contributed by atoms with E-state index in [0.717, 1.165) is 9.48 Å². The molecule has 1 aromatic rings. The van der Waals surface area contributed by atoms with E-state index in [0.29, 0.717) is 10.1 Å². The number of hydrogen-bond donors (Lipinski definition) is 1. The van der Waals surface area contributed by atoms with Crippen molar-refractivity contribution in [3.05, 3.63) is 28.7 Å². The highest BCUT2D eigenvalue weighted by molar-refractivity contribution is 9.10. The number of hydrogen-bond acceptors (Lipinski definition) is 5. The van der Waals surface area contributed by atoms with Gasteiger partial charge in [0.2, 0.25) is 0 Å². The first-order valence-corrected chi connectivity index (χ1v) is 7.42. The zero-order valence-electron chi connectivity index (χ0n) is 9.59. The molecule has 1 heterocycles. The number of carbonyl (C=O) groups is 2. The second-order valence-electron chi connectivity index (χ2n) is 3.56. The quantitative estimate of drug-likeness (QED) is 0.828. The normalized spacial score (nSPS) is 14.7. The van der Waals surface area contributed by atoms with E-state index >= 15 is 0 Å². The standard InChI is InChI=1S/C11H9BrN2O3S2/c12-7-1-3-8(4-2-7)17-5-9(15)13-14-10(16)6-19-11(14)18/h1-4H,5-6H2,(H,13,15). The minimum Gasteiger partial charge on any atom is -0.484 e. The van der Waals surface area contributed by atoms with E-state index in [4.69, 9.17) is 17.0 Å². The van der Waals surface area contributed by atoms with Crippen molar-refractivity contribution < 1.29 is 14.3 Å². The van der Waals surface area contributed by atoms with Crippen molar-refractivity contribution in [2.75, 3.05) is 12.4 Å². The molecule has 0 saturated carbocycles. The second-order valence-corrected chi connectivity index (χ2v) is 6.09. The molecule has 100 valence electrons. The summed E-state index contributed by atoms with van der Waals surface area (Å²) in [5, 5.41) is 1.08. The van der Waals surface area contributed by atoms with Gasteiger partial charge in [0.15, 0.2) is 10.9 Å². The molecule has 0 spiro atoms. The van der Waals surface area contributed by atoms with Crippen molar-refractivity contribution in [2.24, 2.45) is 0 Å². The summed E-state index contributed by atoms with van der Waals surface area (Å²) in [6.07, 6.45) is 0. The van der Waals surface area contributed by atoms with Crippen LogP contribution in [-0.2, 0) is 9.59 Å². The molecule has 1 fully saturated rings. The molecule has 1 N–H and O–H groups in total. The van der Waals surface area contributed by atoms with E-state index < -0.39 is 5.91 Å². The molecule has 0 aliphatic carbocycles. The number of thiocarbonyl (C=S) groups is 1. The van der Waals surface area contributed by atoms with Crippen LogP contribution in [0.25, 0.3) is 0 Å². The smallest absolute Gasteiger partial charge is 0.276 e. The predicted molar refractivity (Wildman–Crippen MR) is 79.7 cm³/mol. The fourth-order valence-corrected chi connectivity index (χ4v) is 2.54. The van der Waals surface area contributed by atoms with E-state index in [9.17, 15) is 9.59 Å². The van der Waals surface area contributed by atoms with Gasteiger partial charge >= 0.3 is 0 Å². The monoisotopic (exact) mass is 360 g/mol. The summed E-state index contributed by atoms with van der Waals surface area (Å²) in [7, 11) is 0. The molecule has 0 bridgehead atoms. The van der Waals surface area contributed by atoms with Gasteiger partial charge in [0.1, 0.15) is 5.75 Å². The molecule has 1 aromatic carbocycles. The largest absolute Gasteiger partial charge is 0.484 e. The average molecular weight is 361 g/mol. The molecule has 2 amide bonds. The summed E-state index contributed by atoms with van der Waals surface area (Å²) in [4.78, 5) is 23.0. The lowest BCUT2D eigenvalue weighted by Gasteiger charge is -2.16. The van der Waals surface area contributed by atoms with Crippen LogP contribution in [0.3, 0.4) is 0 Å². The van der Waals surface area contributed by atoms with Gasteiger partial charge in [-0.15, -0.1) is 0 Å². The van der Waals surface area contributed by atoms with Gasteiger partial charge in [-0.05, 0) is 24.3 Å². The Morgan fingerprint density at radius 3 is 2.74 bits per heavy atom. The Balaban J connectivity index is 1.83. The maximum Gasteiger partial charge on any atom is 0.276 e. The van der Waals surface area contributed by atoms with Gasteiger partial charge in [-0.25, -0.2) is 5.01 Å². The molecule has 5 nitrogen and oxygen atoms in total. The van der Waals surface area contributed by atoms with Crippen LogP contribution >= 0.6 is 39.9 Å². The Morgan fingerprint density at radius 2 is 2.16 bits per heavy atom. The molecule has 2 rings (SSSR count). The molecule has 0 atom stereocenters. The zero-order chi connectivity index (χ0) is 13.8. The van der Waals surface area contributed by atoms with Crippen LogP contribution in [0.4, 0.5) is 0 Å². The molecule has 0 radical (unpaired) electrons. The van der Waals surface area contributed by atoms with Gasteiger partial charge in [-0.3, -0.25) is 15.0 Å². The van der Waals surface area contributed by atoms with Gasteiger partial charge in [-0.2, -0.15) is 0 Å². The van der Waals surface area contributed by atoms with Gasteiger partial charge in [-0.1, -0.05) is 39.9 Å². The molecule has 1 aliphatic heterocycles.